The van der Waals surface area contributed by atoms with Gasteiger partial charge in [0.15, 0.2) is 0 Å². The van der Waals surface area contributed by atoms with Crippen LogP contribution in [0.3, 0.4) is 0 Å². The molecular weight excluding hydrogens is 364 g/mol. The van der Waals surface area contributed by atoms with E-state index in [1.807, 2.05) is 47.8 Å². The SMILES string of the molecule is O=C(NCc1cccs1)C(=O)NC[C@@](O)(c1ccccc1)C1CCOCC1. The number of carbonyl (C=O) groups excluding carboxylic acids is 2. The van der Waals surface area contributed by atoms with Crippen LogP contribution < -0.4 is 10.6 Å². The fourth-order valence-electron chi connectivity index (χ4n) is 3.34. The summed E-state index contributed by atoms with van der Waals surface area (Å²) in [7, 11) is 0. The zero-order valence-corrected chi connectivity index (χ0v) is 15.8. The summed E-state index contributed by atoms with van der Waals surface area (Å²) in [5, 5.41) is 18.5. The summed E-state index contributed by atoms with van der Waals surface area (Å²) in [4.78, 5) is 25.2. The molecule has 6 nitrogen and oxygen atoms in total. The smallest absolute Gasteiger partial charge is 0.309 e. The number of nitrogens with one attached hydrogen (secondary N) is 2. The standard InChI is InChI=1S/C20H24N2O4S/c23-18(21-13-17-7-4-12-27-17)19(24)22-14-20(25,15-5-2-1-3-6-15)16-8-10-26-11-9-16/h1-7,12,16,25H,8-11,13-14H2,(H,21,23)(H,22,24)/t20-/m1/s1. The lowest BCUT2D eigenvalue weighted by atomic mass is 9.77. The highest BCUT2D eigenvalue weighted by molar-refractivity contribution is 7.09. The van der Waals surface area contributed by atoms with Gasteiger partial charge in [-0.25, -0.2) is 0 Å². The van der Waals surface area contributed by atoms with Gasteiger partial charge in [0.2, 0.25) is 0 Å². The molecule has 3 N–H and O–H groups in total. The van der Waals surface area contributed by atoms with Crippen molar-refractivity contribution in [1.82, 2.24) is 10.6 Å². The predicted octanol–water partition coefficient (Wildman–Crippen LogP) is 1.79. The van der Waals surface area contributed by atoms with Gasteiger partial charge in [-0.1, -0.05) is 36.4 Å². The number of rotatable bonds is 6. The molecule has 1 aliphatic heterocycles. The van der Waals surface area contributed by atoms with Gasteiger partial charge in [-0.2, -0.15) is 0 Å². The highest BCUT2D eigenvalue weighted by atomic mass is 32.1. The lowest BCUT2D eigenvalue weighted by Crippen LogP contribution is -2.50. The Kier molecular flexibility index (Phi) is 6.60. The van der Waals surface area contributed by atoms with Crippen molar-refractivity contribution in [1.29, 1.82) is 0 Å². The minimum absolute atomic E-state index is 0.0209. The largest absolute Gasteiger partial charge is 0.383 e. The van der Waals surface area contributed by atoms with Crippen molar-refractivity contribution >= 4 is 23.2 Å². The molecule has 0 bridgehead atoms. The van der Waals surface area contributed by atoms with Gasteiger partial charge in [0, 0.05) is 18.1 Å². The summed E-state index contributed by atoms with van der Waals surface area (Å²) in [6, 6.07) is 13.1. The fourth-order valence-corrected chi connectivity index (χ4v) is 3.98. The summed E-state index contributed by atoms with van der Waals surface area (Å²) < 4.78 is 5.40. The summed E-state index contributed by atoms with van der Waals surface area (Å²) >= 11 is 1.51. The maximum Gasteiger partial charge on any atom is 0.309 e. The molecule has 2 aromatic rings. The number of ether oxygens (including phenoxy) is 1. The predicted molar refractivity (Wildman–Crippen MR) is 103 cm³/mol. The second kappa shape index (κ2) is 9.12. The first-order chi connectivity index (χ1) is 13.1. The Hall–Kier alpha value is -2.22. The van der Waals surface area contributed by atoms with Crippen LogP contribution in [0.15, 0.2) is 47.8 Å². The molecule has 1 aliphatic rings. The molecule has 1 atom stereocenters. The van der Waals surface area contributed by atoms with Crippen molar-refractivity contribution in [3.05, 3.63) is 58.3 Å². The number of hydrogen-bond donors (Lipinski definition) is 3. The summed E-state index contributed by atoms with van der Waals surface area (Å²) in [6.07, 6.45) is 1.40. The Morgan fingerprint density at radius 3 is 2.44 bits per heavy atom. The molecule has 0 radical (unpaired) electrons. The van der Waals surface area contributed by atoms with Crippen LogP contribution in [0, 0.1) is 5.92 Å². The van der Waals surface area contributed by atoms with Crippen molar-refractivity contribution in [3.63, 3.8) is 0 Å². The Balaban J connectivity index is 1.63. The maximum absolute atomic E-state index is 12.2. The van der Waals surface area contributed by atoms with Gasteiger partial charge in [-0.15, -0.1) is 11.3 Å². The molecule has 0 spiro atoms. The van der Waals surface area contributed by atoms with E-state index in [1.165, 1.54) is 11.3 Å². The van der Waals surface area contributed by atoms with Gasteiger partial charge in [0.05, 0.1) is 13.1 Å². The number of benzene rings is 1. The first kappa shape index (κ1) is 19.5. The van der Waals surface area contributed by atoms with Crippen molar-refractivity contribution in [2.45, 2.75) is 25.0 Å². The highest BCUT2D eigenvalue weighted by Gasteiger charge is 2.39. The minimum atomic E-state index is -1.24. The van der Waals surface area contributed by atoms with Crippen LogP contribution in [-0.2, 0) is 26.5 Å². The third-order valence-corrected chi connectivity index (χ3v) is 5.77. The monoisotopic (exact) mass is 388 g/mol. The zero-order chi connectivity index (χ0) is 19.1. The Labute approximate surface area is 162 Å². The molecule has 2 amide bonds. The van der Waals surface area contributed by atoms with E-state index >= 15 is 0 Å². The second-order valence-corrected chi connectivity index (χ2v) is 7.65. The van der Waals surface area contributed by atoms with Gasteiger partial charge in [0.25, 0.3) is 0 Å². The van der Waals surface area contributed by atoms with E-state index in [-0.39, 0.29) is 12.5 Å². The van der Waals surface area contributed by atoms with E-state index in [2.05, 4.69) is 10.6 Å². The van der Waals surface area contributed by atoms with E-state index in [0.717, 1.165) is 10.4 Å². The molecule has 1 aromatic heterocycles. The van der Waals surface area contributed by atoms with Crippen molar-refractivity contribution in [2.75, 3.05) is 19.8 Å². The van der Waals surface area contributed by atoms with E-state index in [4.69, 9.17) is 4.74 Å². The van der Waals surface area contributed by atoms with E-state index in [0.29, 0.717) is 32.6 Å². The molecule has 27 heavy (non-hydrogen) atoms. The molecule has 1 aromatic carbocycles. The number of aliphatic hydroxyl groups is 1. The zero-order valence-electron chi connectivity index (χ0n) is 15.0. The molecule has 2 heterocycles. The van der Waals surface area contributed by atoms with Crippen LogP contribution in [0.5, 0.6) is 0 Å². The summed E-state index contributed by atoms with van der Waals surface area (Å²) in [5.41, 5.74) is -0.509. The van der Waals surface area contributed by atoms with Crippen LogP contribution in [0.2, 0.25) is 0 Å². The first-order valence-corrected chi connectivity index (χ1v) is 9.91. The summed E-state index contributed by atoms with van der Waals surface area (Å²) in [5.74, 6) is -1.50. The number of amides is 2. The third-order valence-electron chi connectivity index (χ3n) is 4.90. The summed E-state index contributed by atoms with van der Waals surface area (Å²) in [6.45, 7) is 1.45. The quantitative estimate of drug-likeness (QED) is 0.659. The lowest BCUT2D eigenvalue weighted by Gasteiger charge is -2.39. The minimum Gasteiger partial charge on any atom is -0.383 e. The average Bonchev–Trinajstić information content (AvgIpc) is 3.25. The third kappa shape index (κ3) is 4.94. The highest BCUT2D eigenvalue weighted by Crippen LogP contribution is 2.35. The second-order valence-electron chi connectivity index (χ2n) is 6.62. The average molecular weight is 388 g/mol. The molecule has 0 unspecified atom stereocenters. The van der Waals surface area contributed by atoms with Gasteiger partial charge >= 0.3 is 11.8 Å². The van der Waals surface area contributed by atoms with Crippen molar-refractivity contribution < 1.29 is 19.4 Å². The lowest BCUT2D eigenvalue weighted by molar-refractivity contribution is -0.140. The maximum atomic E-state index is 12.2. The van der Waals surface area contributed by atoms with Crippen LogP contribution in [0.1, 0.15) is 23.3 Å². The molecule has 1 saturated heterocycles. The van der Waals surface area contributed by atoms with Crippen LogP contribution >= 0.6 is 11.3 Å². The fraction of sp³-hybridized carbons (Fsp3) is 0.400. The van der Waals surface area contributed by atoms with E-state index < -0.39 is 17.4 Å². The molecule has 3 rings (SSSR count). The normalized spacial score (nSPS) is 17.1. The van der Waals surface area contributed by atoms with Crippen LogP contribution in [-0.4, -0.2) is 36.7 Å². The first-order valence-electron chi connectivity index (χ1n) is 9.03. The van der Waals surface area contributed by atoms with Crippen LogP contribution in [0.4, 0.5) is 0 Å². The van der Waals surface area contributed by atoms with Crippen molar-refractivity contribution in [3.8, 4) is 0 Å². The topological polar surface area (TPSA) is 87.7 Å². The molecular formula is C20H24N2O4S. The molecule has 0 aliphatic carbocycles. The molecule has 1 fully saturated rings. The molecule has 0 saturated carbocycles. The molecule has 144 valence electrons. The Morgan fingerprint density at radius 1 is 1.07 bits per heavy atom. The van der Waals surface area contributed by atoms with E-state index in [9.17, 15) is 14.7 Å². The number of carbonyl (C=O) groups is 2. The van der Waals surface area contributed by atoms with Gasteiger partial charge in [0.1, 0.15) is 5.60 Å². The van der Waals surface area contributed by atoms with Gasteiger partial charge < -0.3 is 20.5 Å². The van der Waals surface area contributed by atoms with Crippen LogP contribution in [0.25, 0.3) is 0 Å². The van der Waals surface area contributed by atoms with Crippen molar-refractivity contribution in [2.24, 2.45) is 5.92 Å². The Morgan fingerprint density at radius 2 is 1.78 bits per heavy atom. The number of hydrogen-bond acceptors (Lipinski definition) is 5. The van der Waals surface area contributed by atoms with Gasteiger partial charge in [-0.05, 0) is 35.8 Å². The molecule has 7 heteroatoms. The van der Waals surface area contributed by atoms with Gasteiger partial charge in [-0.3, -0.25) is 9.59 Å². The Bertz CT molecular complexity index is 745. The number of thiophene rings is 1. The van der Waals surface area contributed by atoms with E-state index in [1.54, 1.807) is 0 Å².